The Morgan fingerprint density at radius 3 is 1.96 bits per heavy atom. The molecule has 8 nitrogen and oxygen atoms in total. The Hall–Kier alpha value is -2.87. The number of aliphatic carboxylic acids is 4. The van der Waals surface area contributed by atoms with Crippen molar-refractivity contribution in [2.24, 2.45) is 0 Å². The monoisotopic (exact) mass is 340 g/mol. The standard InChI is InChI=1S/C14H9ClO8/c15-14(13(22)23)8(11(18)19)6-4-2-1-3-5(6)7(10(16)17)9(14)12(20)21/h1-4,8H,(H,16,17)(H,18,19)(H,20,21)(H,22,23). The molecule has 1 aliphatic rings. The SMILES string of the molecule is O=C(O)C1=C(C(=O)O)C(Cl)(C(=O)O)C(C(=O)O)c2ccccc21. The van der Waals surface area contributed by atoms with Crippen molar-refractivity contribution in [2.45, 2.75) is 10.8 Å². The lowest BCUT2D eigenvalue weighted by Gasteiger charge is -2.35. The van der Waals surface area contributed by atoms with Gasteiger partial charge < -0.3 is 20.4 Å². The van der Waals surface area contributed by atoms with Crippen LogP contribution in [-0.2, 0) is 19.2 Å². The van der Waals surface area contributed by atoms with Crippen LogP contribution in [0.3, 0.4) is 0 Å². The predicted octanol–water partition coefficient (Wildman–Crippen LogP) is 0.853. The van der Waals surface area contributed by atoms with Crippen molar-refractivity contribution in [2.75, 3.05) is 0 Å². The number of alkyl halides is 1. The van der Waals surface area contributed by atoms with Crippen molar-refractivity contribution in [1.29, 1.82) is 0 Å². The topological polar surface area (TPSA) is 149 Å². The number of rotatable bonds is 4. The predicted molar refractivity (Wildman–Crippen MR) is 75.2 cm³/mol. The van der Waals surface area contributed by atoms with Crippen LogP contribution in [0.2, 0.25) is 0 Å². The summed E-state index contributed by atoms with van der Waals surface area (Å²) < 4.78 is 0. The van der Waals surface area contributed by atoms with E-state index in [9.17, 15) is 39.6 Å². The molecule has 2 atom stereocenters. The summed E-state index contributed by atoms with van der Waals surface area (Å²) in [5, 5.41) is 37.4. The van der Waals surface area contributed by atoms with E-state index in [4.69, 9.17) is 11.6 Å². The van der Waals surface area contributed by atoms with Gasteiger partial charge in [0, 0.05) is 0 Å². The minimum Gasteiger partial charge on any atom is -0.481 e. The molecule has 1 aromatic rings. The van der Waals surface area contributed by atoms with E-state index in [0.29, 0.717) is 0 Å². The summed E-state index contributed by atoms with van der Waals surface area (Å²) in [6.07, 6.45) is 0. The molecule has 4 N–H and O–H groups in total. The molecule has 1 aliphatic carbocycles. The first kappa shape index (κ1) is 16.5. The van der Waals surface area contributed by atoms with E-state index in [1.54, 1.807) is 0 Å². The molecule has 2 unspecified atom stereocenters. The van der Waals surface area contributed by atoms with Crippen LogP contribution in [0.4, 0.5) is 0 Å². The average molecular weight is 341 g/mol. The second kappa shape index (κ2) is 5.40. The number of carboxylic acid groups (broad SMARTS) is 4. The van der Waals surface area contributed by atoms with Crippen LogP contribution in [0.5, 0.6) is 0 Å². The summed E-state index contributed by atoms with van der Waals surface area (Å²) in [7, 11) is 0. The van der Waals surface area contributed by atoms with E-state index in [0.717, 1.165) is 0 Å². The van der Waals surface area contributed by atoms with Gasteiger partial charge in [0.15, 0.2) is 4.87 Å². The van der Waals surface area contributed by atoms with Gasteiger partial charge >= 0.3 is 23.9 Å². The van der Waals surface area contributed by atoms with Gasteiger partial charge in [-0.05, 0) is 11.1 Å². The molecule has 0 aliphatic heterocycles. The van der Waals surface area contributed by atoms with Gasteiger partial charge in [0.25, 0.3) is 0 Å². The molecule has 2 rings (SSSR count). The molecule has 0 saturated carbocycles. The highest BCUT2D eigenvalue weighted by atomic mass is 35.5. The fraction of sp³-hybridized carbons (Fsp3) is 0.143. The fourth-order valence-corrected chi connectivity index (χ4v) is 3.06. The van der Waals surface area contributed by atoms with Gasteiger partial charge in [-0.15, -0.1) is 0 Å². The second-order valence-corrected chi connectivity index (χ2v) is 5.33. The summed E-state index contributed by atoms with van der Waals surface area (Å²) in [6, 6.07) is 5.16. The Balaban J connectivity index is 3.05. The number of fused-ring (bicyclic) bond motifs is 1. The molecule has 0 fully saturated rings. The Morgan fingerprint density at radius 2 is 1.52 bits per heavy atom. The zero-order valence-corrected chi connectivity index (χ0v) is 11.9. The maximum Gasteiger partial charge on any atom is 0.336 e. The number of halogens is 1. The molecule has 0 aromatic heterocycles. The summed E-state index contributed by atoms with van der Waals surface area (Å²) in [5.74, 6) is -9.24. The third kappa shape index (κ3) is 2.23. The molecule has 0 heterocycles. The number of carbonyl (C=O) groups is 4. The molecule has 0 saturated heterocycles. The van der Waals surface area contributed by atoms with Gasteiger partial charge in [0.1, 0.15) is 5.92 Å². The molecule has 0 amide bonds. The fourth-order valence-electron chi connectivity index (χ4n) is 2.67. The van der Waals surface area contributed by atoms with Crippen LogP contribution in [0, 0.1) is 0 Å². The zero-order valence-electron chi connectivity index (χ0n) is 11.2. The van der Waals surface area contributed by atoms with Gasteiger partial charge in [-0.25, -0.2) is 14.4 Å². The van der Waals surface area contributed by atoms with Gasteiger partial charge in [-0.1, -0.05) is 35.9 Å². The molecular formula is C14H9ClO8. The first-order valence-corrected chi connectivity index (χ1v) is 6.47. The smallest absolute Gasteiger partial charge is 0.336 e. The highest BCUT2D eigenvalue weighted by Crippen LogP contribution is 2.49. The summed E-state index contributed by atoms with van der Waals surface area (Å²) >= 11 is 5.92. The minimum absolute atomic E-state index is 0.181. The molecule has 23 heavy (non-hydrogen) atoms. The number of hydrogen-bond donors (Lipinski definition) is 4. The van der Waals surface area contributed by atoms with Crippen molar-refractivity contribution >= 4 is 41.1 Å². The highest BCUT2D eigenvalue weighted by molar-refractivity contribution is 6.44. The quantitative estimate of drug-likeness (QED) is 0.589. The van der Waals surface area contributed by atoms with Crippen LogP contribution in [0.1, 0.15) is 17.0 Å². The van der Waals surface area contributed by atoms with Crippen molar-refractivity contribution < 1.29 is 39.6 Å². The normalized spacial score (nSPS) is 23.1. The zero-order chi connectivity index (χ0) is 17.5. The van der Waals surface area contributed by atoms with Gasteiger partial charge in [0.05, 0.1) is 11.1 Å². The Labute approximate surface area is 133 Å². The van der Waals surface area contributed by atoms with Gasteiger partial charge in [0.2, 0.25) is 0 Å². The van der Waals surface area contributed by atoms with E-state index in [1.807, 2.05) is 0 Å². The van der Waals surface area contributed by atoms with Gasteiger partial charge in [-0.2, -0.15) is 0 Å². The van der Waals surface area contributed by atoms with Crippen LogP contribution < -0.4 is 0 Å². The Kier molecular flexibility index (Phi) is 3.87. The van der Waals surface area contributed by atoms with Crippen LogP contribution in [-0.4, -0.2) is 49.2 Å². The number of benzene rings is 1. The van der Waals surface area contributed by atoms with E-state index >= 15 is 0 Å². The highest BCUT2D eigenvalue weighted by Gasteiger charge is 2.59. The lowest BCUT2D eigenvalue weighted by atomic mass is 9.70. The maximum atomic E-state index is 11.6. The molecule has 120 valence electrons. The maximum absolute atomic E-state index is 11.6. The third-order valence-corrected chi connectivity index (χ3v) is 4.11. The Morgan fingerprint density at radius 1 is 0.957 bits per heavy atom. The summed E-state index contributed by atoms with van der Waals surface area (Å²) in [4.78, 5) is 43.2. The summed E-state index contributed by atoms with van der Waals surface area (Å²) in [5.41, 5.74) is -2.41. The van der Waals surface area contributed by atoms with Crippen molar-refractivity contribution in [1.82, 2.24) is 0 Å². The van der Waals surface area contributed by atoms with E-state index in [-0.39, 0.29) is 11.1 Å². The van der Waals surface area contributed by atoms with Crippen LogP contribution in [0.25, 0.3) is 5.57 Å². The minimum atomic E-state index is -2.96. The lowest BCUT2D eigenvalue weighted by molar-refractivity contribution is -0.149. The second-order valence-electron chi connectivity index (χ2n) is 4.74. The average Bonchev–Trinajstić information content (AvgIpc) is 2.44. The molecule has 9 heteroatoms. The molecule has 0 spiro atoms. The summed E-state index contributed by atoms with van der Waals surface area (Å²) in [6.45, 7) is 0. The molecule has 0 radical (unpaired) electrons. The first-order chi connectivity index (χ1) is 10.6. The van der Waals surface area contributed by atoms with Crippen molar-refractivity contribution in [3.05, 3.63) is 41.0 Å². The Bertz CT molecular complexity index is 781. The van der Waals surface area contributed by atoms with Crippen molar-refractivity contribution in [3.63, 3.8) is 0 Å². The van der Waals surface area contributed by atoms with E-state index in [1.165, 1.54) is 24.3 Å². The molecular weight excluding hydrogens is 332 g/mol. The van der Waals surface area contributed by atoms with E-state index in [2.05, 4.69) is 0 Å². The number of hydrogen-bond acceptors (Lipinski definition) is 4. The van der Waals surface area contributed by atoms with Crippen LogP contribution >= 0.6 is 11.6 Å². The largest absolute Gasteiger partial charge is 0.481 e. The molecule has 1 aromatic carbocycles. The first-order valence-electron chi connectivity index (χ1n) is 6.09. The van der Waals surface area contributed by atoms with E-state index < -0.39 is 45.8 Å². The van der Waals surface area contributed by atoms with Gasteiger partial charge in [-0.3, -0.25) is 4.79 Å². The lowest BCUT2D eigenvalue weighted by Crippen LogP contribution is -2.49. The number of carboxylic acids is 4. The molecule has 0 bridgehead atoms. The third-order valence-electron chi connectivity index (χ3n) is 3.54. The van der Waals surface area contributed by atoms with Crippen LogP contribution in [0.15, 0.2) is 29.8 Å². The van der Waals surface area contributed by atoms with Crippen molar-refractivity contribution in [3.8, 4) is 0 Å².